The molecule has 2 heterocycles. The summed E-state index contributed by atoms with van der Waals surface area (Å²) in [5.41, 5.74) is 1.38. The van der Waals surface area contributed by atoms with Crippen molar-refractivity contribution in [1.82, 2.24) is 4.90 Å². The second kappa shape index (κ2) is 6.93. The zero-order chi connectivity index (χ0) is 18.0. The molecule has 2 aromatic rings. The molecule has 0 bridgehead atoms. The van der Waals surface area contributed by atoms with Crippen LogP contribution < -0.4 is 0 Å². The molecule has 130 valence electrons. The van der Waals surface area contributed by atoms with Crippen LogP contribution >= 0.6 is 0 Å². The number of aliphatic carboxylic acids is 1. The van der Waals surface area contributed by atoms with Crippen molar-refractivity contribution in [2.75, 3.05) is 13.1 Å². The largest absolute Gasteiger partial charge is 0.481 e. The Bertz CT molecular complexity index is 805. The van der Waals surface area contributed by atoms with Crippen molar-refractivity contribution in [1.29, 1.82) is 0 Å². The lowest BCUT2D eigenvalue weighted by Crippen LogP contribution is -2.42. The molecule has 25 heavy (non-hydrogen) atoms. The van der Waals surface area contributed by atoms with E-state index in [1.54, 1.807) is 36.4 Å². The Labute approximate surface area is 145 Å². The van der Waals surface area contributed by atoms with E-state index in [2.05, 4.69) is 0 Å². The minimum Gasteiger partial charge on any atom is -0.481 e. The monoisotopic (exact) mass is 341 g/mol. The summed E-state index contributed by atoms with van der Waals surface area (Å²) in [6.07, 6.45) is 1.26. The van der Waals surface area contributed by atoms with Crippen LogP contribution in [0.15, 0.2) is 40.8 Å². The van der Waals surface area contributed by atoms with Crippen LogP contribution in [0.25, 0.3) is 11.3 Å². The van der Waals surface area contributed by atoms with Gasteiger partial charge in [0.25, 0.3) is 5.91 Å². The van der Waals surface area contributed by atoms with Crippen molar-refractivity contribution in [2.45, 2.75) is 19.8 Å². The van der Waals surface area contributed by atoms with E-state index in [1.807, 2.05) is 0 Å². The van der Waals surface area contributed by atoms with Crippen LogP contribution in [0.3, 0.4) is 0 Å². The molecule has 1 aromatic heterocycles. The summed E-state index contributed by atoms with van der Waals surface area (Å²) in [5, 5.41) is 9.14. The number of amides is 1. The van der Waals surface area contributed by atoms with Crippen molar-refractivity contribution < 1.29 is 23.9 Å². The van der Waals surface area contributed by atoms with Gasteiger partial charge in [-0.05, 0) is 31.9 Å². The zero-order valence-electron chi connectivity index (χ0n) is 13.9. The molecule has 6 nitrogen and oxygen atoms in total. The quantitative estimate of drug-likeness (QED) is 0.864. The van der Waals surface area contributed by atoms with Gasteiger partial charge < -0.3 is 14.4 Å². The van der Waals surface area contributed by atoms with Crippen molar-refractivity contribution in [3.8, 4) is 11.3 Å². The summed E-state index contributed by atoms with van der Waals surface area (Å²) in [7, 11) is 0. The first-order valence-electron chi connectivity index (χ1n) is 8.19. The molecule has 0 aliphatic carbocycles. The van der Waals surface area contributed by atoms with E-state index in [0.29, 0.717) is 30.7 Å². The van der Waals surface area contributed by atoms with Crippen LogP contribution in [0.5, 0.6) is 0 Å². The minimum absolute atomic E-state index is 0.0139. The van der Waals surface area contributed by atoms with Crippen LogP contribution in [0, 0.1) is 5.92 Å². The first-order chi connectivity index (χ1) is 12.0. The third-order valence-corrected chi connectivity index (χ3v) is 4.45. The number of benzene rings is 1. The molecule has 1 aromatic carbocycles. The van der Waals surface area contributed by atoms with Crippen LogP contribution in [-0.2, 0) is 4.79 Å². The number of nitrogens with zero attached hydrogens (tertiary/aromatic N) is 1. The Kier molecular flexibility index (Phi) is 4.70. The summed E-state index contributed by atoms with van der Waals surface area (Å²) in [4.78, 5) is 36.5. The second-order valence-corrected chi connectivity index (χ2v) is 6.23. The van der Waals surface area contributed by atoms with Gasteiger partial charge in [0.1, 0.15) is 5.76 Å². The Hall–Kier alpha value is -2.89. The summed E-state index contributed by atoms with van der Waals surface area (Å²) in [5.74, 6) is -0.978. The topological polar surface area (TPSA) is 87.8 Å². The maximum absolute atomic E-state index is 12.6. The zero-order valence-corrected chi connectivity index (χ0v) is 13.9. The van der Waals surface area contributed by atoms with Crippen LogP contribution in [0.2, 0.25) is 0 Å². The molecule has 1 saturated heterocycles. The molecule has 1 fully saturated rings. The predicted octanol–water partition coefficient (Wildman–Crippen LogP) is 3.09. The van der Waals surface area contributed by atoms with E-state index in [9.17, 15) is 14.4 Å². The van der Waals surface area contributed by atoms with Gasteiger partial charge in [0.05, 0.1) is 5.92 Å². The van der Waals surface area contributed by atoms with Gasteiger partial charge >= 0.3 is 5.97 Å². The van der Waals surface area contributed by atoms with Gasteiger partial charge in [0, 0.05) is 24.2 Å². The summed E-state index contributed by atoms with van der Waals surface area (Å²) >= 11 is 0. The molecule has 0 radical (unpaired) electrons. The number of Topliss-reactive ketones (excluding diaryl/α,β-unsaturated/α-hetero) is 1. The number of piperidine rings is 1. The molecule has 1 N–H and O–H groups in total. The fourth-order valence-corrected chi connectivity index (χ4v) is 3.00. The van der Waals surface area contributed by atoms with Crippen molar-refractivity contribution >= 4 is 17.7 Å². The Morgan fingerprint density at radius 2 is 1.84 bits per heavy atom. The van der Waals surface area contributed by atoms with Crippen molar-refractivity contribution in [2.24, 2.45) is 5.92 Å². The van der Waals surface area contributed by atoms with Gasteiger partial charge in [0.2, 0.25) is 0 Å². The smallest absolute Gasteiger partial charge is 0.308 e. The summed E-state index contributed by atoms with van der Waals surface area (Å²) in [6, 6.07) is 10.3. The first kappa shape index (κ1) is 17.0. The van der Waals surface area contributed by atoms with Gasteiger partial charge in [-0.3, -0.25) is 14.4 Å². The van der Waals surface area contributed by atoms with Crippen LogP contribution in [0.1, 0.15) is 40.7 Å². The SMILES string of the molecule is CC(=O)c1ccc(-c2ccc(C(=O)N3CCC[C@H](C(=O)O)C3)o2)cc1. The third kappa shape index (κ3) is 3.63. The Balaban J connectivity index is 1.75. The normalized spacial score (nSPS) is 17.3. The number of ketones is 1. The number of hydrogen-bond donors (Lipinski definition) is 1. The molecule has 0 saturated carbocycles. The average molecular weight is 341 g/mol. The Morgan fingerprint density at radius 1 is 1.12 bits per heavy atom. The number of likely N-dealkylation sites (tertiary alicyclic amines) is 1. The van der Waals surface area contributed by atoms with E-state index >= 15 is 0 Å². The predicted molar refractivity (Wildman–Crippen MR) is 90.4 cm³/mol. The maximum Gasteiger partial charge on any atom is 0.308 e. The lowest BCUT2D eigenvalue weighted by molar-refractivity contribution is -0.143. The van der Waals surface area contributed by atoms with Crippen LogP contribution in [0.4, 0.5) is 0 Å². The van der Waals surface area contributed by atoms with Crippen molar-refractivity contribution in [3.05, 3.63) is 47.7 Å². The fraction of sp³-hybridized carbons (Fsp3) is 0.316. The minimum atomic E-state index is -0.872. The number of carboxylic acids is 1. The van der Waals surface area contributed by atoms with Gasteiger partial charge in [-0.15, -0.1) is 0 Å². The highest BCUT2D eigenvalue weighted by Gasteiger charge is 2.29. The number of carbonyl (C=O) groups excluding carboxylic acids is 2. The Morgan fingerprint density at radius 3 is 2.48 bits per heavy atom. The molecule has 1 aliphatic heterocycles. The second-order valence-electron chi connectivity index (χ2n) is 6.23. The van der Waals surface area contributed by atoms with E-state index < -0.39 is 11.9 Å². The molecule has 0 spiro atoms. The van der Waals surface area contributed by atoms with E-state index in [-0.39, 0.29) is 24.0 Å². The highest BCUT2D eigenvalue weighted by molar-refractivity contribution is 5.94. The summed E-state index contributed by atoms with van der Waals surface area (Å²) < 4.78 is 5.66. The lowest BCUT2D eigenvalue weighted by atomic mass is 9.98. The number of carbonyl (C=O) groups is 3. The molecular weight excluding hydrogens is 322 g/mol. The average Bonchev–Trinajstić information content (AvgIpc) is 3.11. The highest BCUT2D eigenvalue weighted by atomic mass is 16.4. The molecular formula is C19H19NO5. The van der Waals surface area contributed by atoms with Gasteiger partial charge in [0.15, 0.2) is 11.5 Å². The summed E-state index contributed by atoms with van der Waals surface area (Å²) in [6.45, 7) is 2.24. The number of carboxylic acid groups (broad SMARTS) is 1. The molecule has 6 heteroatoms. The number of hydrogen-bond acceptors (Lipinski definition) is 4. The maximum atomic E-state index is 12.6. The first-order valence-corrected chi connectivity index (χ1v) is 8.19. The van der Waals surface area contributed by atoms with Gasteiger partial charge in [-0.25, -0.2) is 0 Å². The fourth-order valence-electron chi connectivity index (χ4n) is 3.00. The molecule has 1 aliphatic rings. The van der Waals surface area contributed by atoms with Crippen LogP contribution in [-0.4, -0.2) is 40.8 Å². The van der Waals surface area contributed by atoms with E-state index in [1.165, 1.54) is 11.8 Å². The van der Waals surface area contributed by atoms with E-state index in [4.69, 9.17) is 9.52 Å². The third-order valence-electron chi connectivity index (χ3n) is 4.45. The molecule has 1 atom stereocenters. The van der Waals surface area contributed by atoms with E-state index in [0.717, 1.165) is 5.56 Å². The number of furan rings is 1. The highest BCUT2D eigenvalue weighted by Crippen LogP contribution is 2.25. The molecule has 0 unspecified atom stereocenters. The van der Waals surface area contributed by atoms with Crippen molar-refractivity contribution in [3.63, 3.8) is 0 Å². The number of rotatable bonds is 4. The van der Waals surface area contributed by atoms with Gasteiger partial charge in [-0.2, -0.15) is 0 Å². The van der Waals surface area contributed by atoms with Gasteiger partial charge in [-0.1, -0.05) is 24.3 Å². The standard InChI is InChI=1S/C19H19NO5/c1-12(21)13-4-6-14(7-5-13)16-8-9-17(25-16)18(22)20-10-2-3-15(11-20)19(23)24/h4-9,15H,2-3,10-11H2,1H3,(H,23,24)/t15-/m0/s1. The molecule has 3 rings (SSSR count). The lowest BCUT2D eigenvalue weighted by Gasteiger charge is -2.29. The molecule has 1 amide bonds.